The van der Waals surface area contributed by atoms with Gasteiger partial charge >= 0.3 is 7.12 Å². The lowest BCUT2D eigenvalue weighted by Crippen LogP contribution is -2.30. The molecule has 0 saturated heterocycles. The smallest absolute Gasteiger partial charge is 0.423 e. The lowest BCUT2D eigenvalue weighted by atomic mass is 9.77. The molecule has 124 valence electrons. The average molecular weight is 329 g/mol. The highest BCUT2D eigenvalue weighted by Crippen LogP contribution is 2.22. The van der Waals surface area contributed by atoms with E-state index in [9.17, 15) is 10.0 Å². The topological polar surface area (TPSA) is 52.8 Å². The minimum atomic E-state index is -1.52. The van der Waals surface area contributed by atoms with E-state index in [0.29, 0.717) is 5.46 Å². The second-order valence-electron chi connectivity index (χ2n) is 6.07. The predicted molar refractivity (Wildman–Crippen MR) is 105 cm³/mol. The van der Waals surface area contributed by atoms with Crippen LogP contribution in [0.15, 0.2) is 77.8 Å². The molecule has 3 aromatic carbocycles. The second-order valence-corrected chi connectivity index (χ2v) is 6.07. The Balaban J connectivity index is 2.09. The van der Waals surface area contributed by atoms with Gasteiger partial charge in [-0.05, 0) is 53.7 Å². The van der Waals surface area contributed by atoms with Crippen molar-refractivity contribution in [2.45, 2.75) is 13.8 Å². The monoisotopic (exact) mass is 329 g/mol. The highest BCUT2D eigenvalue weighted by atomic mass is 16.4. The molecule has 3 rings (SSSR count). The van der Waals surface area contributed by atoms with Gasteiger partial charge in [-0.1, -0.05) is 60.7 Å². The van der Waals surface area contributed by atoms with Crippen LogP contribution < -0.4 is 5.46 Å². The molecule has 0 saturated carbocycles. The molecule has 0 radical (unpaired) electrons. The summed E-state index contributed by atoms with van der Waals surface area (Å²) in [5.41, 5.74) is 6.12. The van der Waals surface area contributed by atoms with Crippen molar-refractivity contribution in [3.8, 4) is 11.1 Å². The first-order chi connectivity index (χ1) is 12.0. The summed E-state index contributed by atoms with van der Waals surface area (Å²) >= 11 is 0. The number of benzene rings is 3. The van der Waals surface area contributed by atoms with Crippen LogP contribution >= 0.6 is 0 Å². The molecule has 3 aromatic rings. The minimum absolute atomic E-state index is 0.454. The molecular formula is C21H20BNO2. The Kier molecular flexibility index (Phi) is 5.12. The van der Waals surface area contributed by atoms with Gasteiger partial charge in [0.1, 0.15) is 0 Å². The van der Waals surface area contributed by atoms with Crippen molar-refractivity contribution >= 4 is 24.0 Å². The summed E-state index contributed by atoms with van der Waals surface area (Å²) in [6.07, 6.45) is 0. The van der Waals surface area contributed by atoms with Crippen molar-refractivity contribution in [3.05, 3.63) is 83.9 Å². The summed E-state index contributed by atoms with van der Waals surface area (Å²) in [6, 6.07) is 23.4. The molecule has 0 atom stereocenters. The molecule has 0 unspecified atom stereocenters. The molecule has 25 heavy (non-hydrogen) atoms. The summed E-state index contributed by atoms with van der Waals surface area (Å²) in [6.45, 7) is 3.96. The molecule has 0 heterocycles. The zero-order valence-corrected chi connectivity index (χ0v) is 14.3. The van der Waals surface area contributed by atoms with Crippen molar-refractivity contribution in [1.29, 1.82) is 0 Å². The van der Waals surface area contributed by atoms with Gasteiger partial charge in [-0.2, -0.15) is 0 Å². The van der Waals surface area contributed by atoms with Gasteiger partial charge < -0.3 is 10.0 Å². The van der Waals surface area contributed by atoms with Gasteiger partial charge in [-0.3, -0.25) is 4.99 Å². The van der Waals surface area contributed by atoms with Gasteiger partial charge in [0.2, 0.25) is 0 Å². The van der Waals surface area contributed by atoms with Gasteiger partial charge in [0.15, 0.2) is 0 Å². The van der Waals surface area contributed by atoms with Crippen molar-refractivity contribution in [1.82, 2.24) is 0 Å². The second kappa shape index (κ2) is 7.47. The van der Waals surface area contributed by atoms with E-state index in [-0.39, 0.29) is 0 Å². The van der Waals surface area contributed by atoms with Gasteiger partial charge in [-0.15, -0.1) is 0 Å². The van der Waals surface area contributed by atoms with Gasteiger partial charge in [-0.25, -0.2) is 0 Å². The van der Waals surface area contributed by atoms with Crippen molar-refractivity contribution < 1.29 is 10.0 Å². The maximum atomic E-state index is 9.65. The molecule has 0 bridgehead atoms. The van der Waals surface area contributed by atoms with Crippen LogP contribution in [0.25, 0.3) is 11.1 Å². The third-order valence-corrected chi connectivity index (χ3v) is 4.18. The van der Waals surface area contributed by atoms with E-state index >= 15 is 0 Å². The maximum absolute atomic E-state index is 9.65. The molecule has 2 N–H and O–H groups in total. The van der Waals surface area contributed by atoms with E-state index in [2.05, 4.69) is 0 Å². The van der Waals surface area contributed by atoms with Crippen LogP contribution in [0.4, 0.5) is 5.69 Å². The fourth-order valence-electron chi connectivity index (χ4n) is 2.74. The van der Waals surface area contributed by atoms with E-state index in [1.807, 2.05) is 74.5 Å². The predicted octanol–water partition coefficient (Wildman–Crippen LogP) is 3.48. The lowest BCUT2D eigenvalue weighted by Gasteiger charge is -2.10. The van der Waals surface area contributed by atoms with Crippen LogP contribution in [-0.2, 0) is 0 Å². The molecule has 0 aliphatic carbocycles. The van der Waals surface area contributed by atoms with Crippen LogP contribution in [0.2, 0.25) is 0 Å². The van der Waals surface area contributed by atoms with Gasteiger partial charge in [0.05, 0.1) is 5.69 Å². The normalized spacial score (nSPS) is 11.4. The first-order valence-electron chi connectivity index (χ1n) is 8.22. The zero-order valence-electron chi connectivity index (χ0n) is 14.3. The Hall–Kier alpha value is -2.69. The lowest BCUT2D eigenvalue weighted by molar-refractivity contribution is 0.426. The molecule has 0 aromatic heterocycles. The highest BCUT2D eigenvalue weighted by molar-refractivity contribution is 6.58. The fourth-order valence-corrected chi connectivity index (χ4v) is 2.74. The van der Waals surface area contributed by atoms with E-state index in [1.165, 1.54) is 0 Å². The van der Waals surface area contributed by atoms with Crippen LogP contribution in [0.3, 0.4) is 0 Å². The molecule has 4 heteroatoms. The van der Waals surface area contributed by atoms with E-state index < -0.39 is 7.12 Å². The van der Waals surface area contributed by atoms with Crippen LogP contribution in [0.1, 0.15) is 18.1 Å². The number of hydrogen-bond acceptors (Lipinski definition) is 3. The Bertz CT molecular complexity index is 905. The minimum Gasteiger partial charge on any atom is -0.423 e. The number of aliphatic imine (C=N–C) groups is 1. The van der Waals surface area contributed by atoms with Crippen LogP contribution in [0.5, 0.6) is 0 Å². The first kappa shape index (κ1) is 17.1. The standard InChI is InChI=1S/C21H20BNO2/c1-15-8-6-7-11-21(15)23-16(2)18-12-19(14-20(13-18)22(24)25)17-9-4-3-5-10-17/h3-14,24-25H,1-2H3/b23-16+. The summed E-state index contributed by atoms with van der Waals surface area (Å²) in [5.74, 6) is 0. The van der Waals surface area contributed by atoms with E-state index in [1.54, 1.807) is 12.1 Å². The molecular weight excluding hydrogens is 309 g/mol. The van der Waals surface area contributed by atoms with Crippen LogP contribution in [-0.4, -0.2) is 22.9 Å². The fraction of sp³-hybridized carbons (Fsp3) is 0.0952. The number of nitrogens with zero attached hydrogens (tertiary/aromatic N) is 1. The SMILES string of the molecule is C/C(=N\c1ccccc1C)c1cc(B(O)O)cc(-c2ccccc2)c1. The molecule has 0 amide bonds. The Morgan fingerprint density at radius 1 is 0.840 bits per heavy atom. The van der Waals surface area contributed by atoms with Crippen molar-refractivity contribution in [2.24, 2.45) is 4.99 Å². The summed E-state index contributed by atoms with van der Waals surface area (Å²) < 4.78 is 0. The third-order valence-electron chi connectivity index (χ3n) is 4.18. The van der Waals surface area contributed by atoms with Gasteiger partial charge in [0.25, 0.3) is 0 Å². The number of rotatable bonds is 4. The van der Waals surface area contributed by atoms with Crippen LogP contribution in [0, 0.1) is 6.92 Å². The van der Waals surface area contributed by atoms with E-state index in [4.69, 9.17) is 4.99 Å². The Morgan fingerprint density at radius 2 is 1.52 bits per heavy atom. The molecule has 3 nitrogen and oxygen atoms in total. The van der Waals surface area contributed by atoms with E-state index in [0.717, 1.165) is 33.7 Å². The Morgan fingerprint density at radius 3 is 2.20 bits per heavy atom. The largest absolute Gasteiger partial charge is 0.488 e. The average Bonchev–Trinajstić information content (AvgIpc) is 2.64. The Labute approximate surface area is 148 Å². The highest BCUT2D eigenvalue weighted by Gasteiger charge is 2.15. The third kappa shape index (κ3) is 4.05. The van der Waals surface area contributed by atoms with Crippen molar-refractivity contribution in [3.63, 3.8) is 0 Å². The van der Waals surface area contributed by atoms with Crippen molar-refractivity contribution in [2.75, 3.05) is 0 Å². The number of aryl methyl sites for hydroxylation is 1. The molecule has 0 aliphatic heterocycles. The first-order valence-corrected chi connectivity index (χ1v) is 8.22. The quantitative estimate of drug-likeness (QED) is 0.569. The maximum Gasteiger partial charge on any atom is 0.488 e. The number of hydrogen-bond donors (Lipinski definition) is 2. The molecule has 0 spiro atoms. The van der Waals surface area contributed by atoms with Gasteiger partial charge in [0, 0.05) is 5.71 Å². The summed E-state index contributed by atoms with van der Waals surface area (Å²) in [4.78, 5) is 4.72. The zero-order chi connectivity index (χ0) is 17.8. The molecule has 0 aliphatic rings. The summed E-state index contributed by atoms with van der Waals surface area (Å²) in [7, 11) is -1.52. The molecule has 0 fully saturated rings. The number of para-hydroxylation sites is 1. The summed E-state index contributed by atoms with van der Waals surface area (Å²) in [5, 5.41) is 19.3.